The van der Waals surface area contributed by atoms with E-state index in [4.69, 9.17) is 15.1 Å². The molecule has 1 aliphatic rings. The second kappa shape index (κ2) is 7.81. The summed E-state index contributed by atoms with van der Waals surface area (Å²) in [6, 6.07) is 10.0. The lowest BCUT2D eigenvalue weighted by atomic mass is 10.0. The molecule has 1 heterocycles. The van der Waals surface area contributed by atoms with E-state index in [9.17, 15) is 13.9 Å². The van der Waals surface area contributed by atoms with Gasteiger partial charge >= 0.3 is 0 Å². The Balaban J connectivity index is 1.69. The maximum Gasteiger partial charge on any atom is 0.275 e. The number of aliphatic hydroxyl groups is 1. The number of hydrogen-bond acceptors (Lipinski definition) is 7. The van der Waals surface area contributed by atoms with E-state index in [0.717, 1.165) is 0 Å². The fourth-order valence-corrected chi connectivity index (χ4v) is 3.73. The van der Waals surface area contributed by atoms with Gasteiger partial charge in [0.05, 0.1) is 17.8 Å². The zero-order valence-electron chi connectivity index (χ0n) is 16.5. The van der Waals surface area contributed by atoms with Gasteiger partial charge in [0, 0.05) is 30.3 Å². The smallest absolute Gasteiger partial charge is 0.275 e. The summed E-state index contributed by atoms with van der Waals surface area (Å²) in [6.45, 7) is 1.29. The van der Waals surface area contributed by atoms with E-state index in [-0.39, 0.29) is 18.2 Å². The van der Waals surface area contributed by atoms with Crippen LogP contribution in [0.5, 0.6) is 0 Å². The number of aromatic nitrogens is 1. The van der Waals surface area contributed by atoms with Crippen molar-refractivity contribution in [1.29, 1.82) is 10.7 Å². The molecule has 0 fully saturated rings. The molecule has 0 bridgehead atoms. The van der Waals surface area contributed by atoms with Crippen LogP contribution in [0.15, 0.2) is 47.0 Å². The number of nitrogens with one attached hydrogen (secondary N) is 3. The van der Waals surface area contributed by atoms with Gasteiger partial charge in [-0.3, -0.25) is 5.41 Å². The second-order valence-electron chi connectivity index (χ2n) is 7.25. The summed E-state index contributed by atoms with van der Waals surface area (Å²) in [7, 11) is 0. The summed E-state index contributed by atoms with van der Waals surface area (Å²) in [5.41, 5.74) is 2.39. The minimum Gasteiger partial charge on any atom is -0.439 e. The first-order chi connectivity index (χ1) is 14.8. The number of aryl methyl sites for hydroxylation is 1. The molecule has 4 N–H and O–H groups in total. The molecular weight excluding hydrogens is 404 g/mol. The number of nitrogens with zero attached hydrogens (tertiary/aromatic N) is 2. The number of aliphatic hydroxyl groups excluding tert-OH is 1. The van der Waals surface area contributed by atoms with E-state index in [1.807, 2.05) is 6.07 Å². The third-order valence-electron chi connectivity index (χ3n) is 5.17. The van der Waals surface area contributed by atoms with Crippen molar-refractivity contribution in [2.45, 2.75) is 25.3 Å². The topological polar surface area (TPSA) is 118 Å². The Labute approximate surface area is 176 Å². The van der Waals surface area contributed by atoms with Gasteiger partial charge in [-0.25, -0.2) is 13.8 Å². The zero-order valence-corrected chi connectivity index (χ0v) is 16.5. The summed E-state index contributed by atoms with van der Waals surface area (Å²) in [5.74, 6) is -2.44. The molecule has 1 aliphatic carbocycles. The van der Waals surface area contributed by atoms with Crippen LogP contribution in [-0.4, -0.2) is 28.5 Å². The normalized spacial score (nSPS) is 16.4. The molecule has 0 saturated heterocycles. The fraction of sp³-hybridized carbons (Fsp3) is 0.227. The highest BCUT2D eigenvalue weighted by molar-refractivity contribution is 6.12. The fourth-order valence-electron chi connectivity index (χ4n) is 3.73. The van der Waals surface area contributed by atoms with Crippen molar-refractivity contribution in [3.63, 3.8) is 0 Å². The summed E-state index contributed by atoms with van der Waals surface area (Å²) in [4.78, 5) is 3.99. The first kappa shape index (κ1) is 20.5. The van der Waals surface area contributed by atoms with Gasteiger partial charge in [-0.15, -0.1) is 0 Å². The molecule has 31 heavy (non-hydrogen) atoms. The van der Waals surface area contributed by atoms with E-state index in [2.05, 4.69) is 15.6 Å². The number of rotatable bonds is 6. The summed E-state index contributed by atoms with van der Waals surface area (Å²) in [5, 5.41) is 32.4. The van der Waals surface area contributed by atoms with Crippen LogP contribution in [0.4, 0.5) is 20.2 Å². The van der Waals surface area contributed by atoms with E-state index in [1.54, 1.807) is 31.2 Å². The Morgan fingerprint density at radius 1 is 1.35 bits per heavy atom. The van der Waals surface area contributed by atoms with Crippen LogP contribution in [0.25, 0.3) is 0 Å². The first-order valence-corrected chi connectivity index (χ1v) is 9.50. The van der Waals surface area contributed by atoms with Gasteiger partial charge < -0.3 is 20.2 Å². The van der Waals surface area contributed by atoms with Gasteiger partial charge in [-0.1, -0.05) is 6.07 Å². The number of benzene rings is 2. The SMILES string of the molecule is Cc1ncc(C(=N)c2cc(NC3c4ccc(C#N)cc4CC3(F)F)ccc2NCO)o1. The molecule has 3 aromatic rings. The van der Waals surface area contributed by atoms with Crippen molar-refractivity contribution in [2.75, 3.05) is 17.4 Å². The van der Waals surface area contributed by atoms with Crippen LogP contribution >= 0.6 is 0 Å². The largest absolute Gasteiger partial charge is 0.439 e. The Morgan fingerprint density at radius 3 is 2.84 bits per heavy atom. The lowest BCUT2D eigenvalue weighted by Crippen LogP contribution is -2.28. The van der Waals surface area contributed by atoms with Crippen LogP contribution in [0.2, 0.25) is 0 Å². The lowest BCUT2D eigenvalue weighted by molar-refractivity contribution is -0.00705. The van der Waals surface area contributed by atoms with Gasteiger partial charge in [0.15, 0.2) is 11.7 Å². The number of nitriles is 1. The summed E-state index contributed by atoms with van der Waals surface area (Å²) in [6.07, 6.45) is 0.953. The molecule has 0 radical (unpaired) electrons. The minimum atomic E-state index is -3.05. The van der Waals surface area contributed by atoms with E-state index in [0.29, 0.717) is 39.5 Å². The van der Waals surface area contributed by atoms with Crippen molar-refractivity contribution in [2.24, 2.45) is 0 Å². The predicted molar refractivity (Wildman–Crippen MR) is 110 cm³/mol. The van der Waals surface area contributed by atoms with Crippen molar-refractivity contribution < 1.29 is 18.3 Å². The van der Waals surface area contributed by atoms with Crippen LogP contribution in [0.3, 0.4) is 0 Å². The van der Waals surface area contributed by atoms with Crippen molar-refractivity contribution in [3.8, 4) is 6.07 Å². The number of alkyl halides is 2. The second-order valence-corrected chi connectivity index (χ2v) is 7.25. The third-order valence-corrected chi connectivity index (χ3v) is 5.17. The van der Waals surface area contributed by atoms with E-state index in [1.165, 1.54) is 18.3 Å². The molecule has 4 rings (SSSR count). The molecule has 0 aliphatic heterocycles. The van der Waals surface area contributed by atoms with Crippen molar-refractivity contribution in [1.82, 2.24) is 4.98 Å². The Bertz CT molecular complexity index is 1200. The Hall–Kier alpha value is -3.77. The summed E-state index contributed by atoms with van der Waals surface area (Å²) >= 11 is 0. The van der Waals surface area contributed by atoms with E-state index < -0.39 is 18.4 Å². The minimum absolute atomic E-state index is 0.00237. The average Bonchev–Trinajstić information content (AvgIpc) is 3.28. The molecule has 1 unspecified atom stereocenters. The van der Waals surface area contributed by atoms with E-state index >= 15 is 0 Å². The number of oxazole rings is 1. The molecule has 9 heteroatoms. The zero-order chi connectivity index (χ0) is 22.2. The van der Waals surface area contributed by atoms with Crippen LogP contribution in [0.1, 0.15) is 39.9 Å². The first-order valence-electron chi connectivity index (χ1n) is 9.50. The number of hydrogen-bond donors (Lipinski definition) is 4. The maximum atomic E-state index is 14.8. The van der Waals surface area contributed by atoms with Crippen LogP contribution in [-0.2, 0) is 6.42 Å². The molecule has 0 amide bonds. The Morgan fingerprint density at radius 2 is 2.16 bits per heavy atom. The van der Waals surface area contributed by atoms with Gasteiger partial charge in [-0.05, 0) is 41.5 Å². The molecule has 1 aromatic heterocycles. The molecule has 2 aromatic carbocycles. The van der Waals surface area contributed by atoms with Gasteiger partial charge in [0.25, 0.3) is 5.92 Å². The average molecular weight is 423 g/mol. The highest BCUT2D eigenvalue weighted by atomic mass is 19.3. The molecular formula is C22H19F2N5O2. The van der Waals surface area contributed by atoms with Crippen LogP contribution < -0.4 is 10.6 Å². The lowest BCUT2D eigenvalue weighted by Gasteiger charge is -2.23. The molecule has 1 atom stereocenters. The molecule has 0 spiro atoms. The number of halogens is 2. The quantitative estimate of drug-likeness (QED) is 0.352. The van der Waals surface area contributed by atoms with Gasteiger partial charge in [0.2, 0.25) is 0 Å². The van der Waals surface area contributed by atoms with Crippen molar-refractivity contribution in [3.05, 3.63) is 76.5 Å². The molecule has 0 saturated carbocycles. The predicted octanol–water partition coefficient (Wildman–Crippen LogP) is 3.98. The number of fused-ring (bicyclic) bond motifs is 1. The van der Waals surface area contributed by atoms with Crippen LogP contribution in [0, 0.1) is 23.7 Å². The molecule has 158 valence electrons. The van der Waals surface area contributed by atoms with Gasteiger partial charge in [-0.2, -0.15) is 5.26 Å². The monoisotopic (exact) mass is 423 g/mol. The maximum absolute atomic E-state index is 14.8. The standard InChI is InChI=1S/C22H19F2N5O2/c1-12-27-10-19(31-12)20(26)17-7-15(3-5-18(17)28-11-30)29-21-16-4-2-13(9-25)6-14(16)8-22(21,23)24/h2-7,10,21,26,28-30H,8,11H2,1H3. The van der Waals surface area contributed by atoms with Crippen molar-refractivity contribution >= 4 is 17.1 Å². The van der Waals surface area contributed by atoms with Gasteiger partial charge in [0.1, 0.15) is 18.5 Å². The number of anilines is 2. The highest BCUT2D eigenvalue weighted by Gasteiger charge is 2.47. The Kier molecular flexibility index (Phi) is 5.17. The third kappa shape index (κ3) is 3.85. The summed E-state index contributed by atoms with van der Waals surface area (Å²) < 4.78 is 35.0. The highest BCUT2D eigenvalue weighted by Crippen LogP contribution is 2.45. The molecule has 7 nitrogen and oxygen atoms in total.